The monoisotopic (exact) mass is 374 g/mol. The highest BCUT2D eigenvalue weighted by Crippen LogP contribution is 2.22. The van der Waals surface area contributed by atoms with Crippen molar-refractivity contribution in [3.8, 4) is 5.75 Å². The summed E-state index contributed by atoms with van der Waals surface area (Å²) in [6, 6.07) is 3.63. The standard InChI is InChI=1S/C16H17F3N2O5/c1-25-15(24)12-3-2-8-21(12)13(22)9-20-14(23)10-4-6-11(7-5-10)26-16(17,18)19/h4-7,12H,2-3,8-9H2,1H3,(H,20,23). The number of nitrogens with one attached hydrogen (secondary N) is 1. The number of esters is 1. The molecule has 1 atom stereocenters. The van der Waals surface area contributed by atoms with Gasteiger partial charge in [0.2, 0.25) is 5.91 Å². The Morgan fingerprint density at radius 3 is 2.46 bits per heavy atom. The third-order valence-corrected chi connectivity index (χ3v) is 3.80. The molecule has 0 spiro atoms. The van der Waals surface area contributed by atoms with Gasteiger partial charge >= 0.3 is 12.3 Å². The fraction of sp³-hybridized carbons (Fsp3) is 0.438. The Morgan fingerprint density at radius 2 is 1.88 bits per heavy atom. The zero-order chi connectivity index (χ0) is 19.3. The van der Waals surface area contributed by atoms with E-state index in [0.717, 1.165) is 24.3 Å². The molecule has 1 aromatic rings. The number of methoxy groups -OCH3 is 1. The molecule has 1 heterocycles. The van der Waals surface area contributed by atoms with Crippen molar-refractivity contribution in [1.82, 2.24) is 10.2 Å². The summed E-state index contributed by atoms with van der Waals surface area (Å²) in [5.41, 5.74) is 0.0678. The molecule has 1 saturated heterocycles. The van der Waals surface area contributed by atoms with Crippen molar-refractivity contribution >= 4 is 17.8 Å². The number of hydrogen-bond acceptors (Lipinski definition) is 5. The minimum atomic E-state index is -4.82. The molecule has 10 heteroatoms. The van der Waals surface area contributed by atoms with Crippen LogP contribution in [0.15, 0.2) is 24.3 Å². The number of nitrogens with zero attached hydrogens (tertiary/aromatic N) is 1. The topological polar surface area (TPSA) is 84.9 Å². The highest BCUT2D eigenvalue weighted by molar-refractivity contribution is 5.97. The summed E-state index contributed by atoms with van der Waals surface area (Å²) in [6.45, 7) is 0.0467. The molecule has 1 aliphatic heterocycles. The van der Waals surface area contributed by atoms with Crippen LogP contribution in [0.25, 0.3) is 0 Å². The highest BCUT2D eigenvalue weighted by atomic mass is 19.4. The van der Waals surface area contributed by atoms with Crippen LogP contribution in [0.3, 0.4) is 0 Å². The van der Waals surface area contributed by atoms with Crippen molar-refractivity contribution in [2.45, 2.75) is 25.2 Å². The molecule has 0 saturated carbocycles. The maximum Gasteiger partial charge on any atom is 0.573 e. The SMILES string of the molecule is COC(=O)C1CCCN1C(=O)CNC(=O)c1ccc(OC(F)(F)F)cc1. The van der Waals surface area contributed by atoms with Crippen LogP contribution in [0.5, 0.6) is 5.75 Å². The first-order valence-electron chi connectivity index (χ1n) is 7.72. The van der Waals surface area contributed by atoms with E-state index in [-0.39, 0.29) is 12.1 Å². The van der Waals surface area contributed by atoms with E-state index >= 15 is 0 Å². The molecule has 2 amide bonds. The van der Waals surface area contributed by atoms with E-state index in [1.54, 1.807) is 0 Å². The molecule has 1 aliphatic rings. The zero-order valence-electron chi connectivity index (χ0n) is 13.8. The third kappa shape index (κ3) is 5.11. The van der Waals surface area contributed by atoms with Crippen LogP contribution in [0.1, 0.15) is 23.2 Å². The normalized spacial score (nSPS) is 16.9. The number of carbonyl (C=O) groups excluding carboxylic acids is 3. The minimum absolute atomic E-state index is 0.0678. The van der Waals surface area contributed by atoms with Gasteiger partial charge in [-0.25, -0.2) is 4.79 Å². The Bertz CT molecular complexity index is 675. The summed E-state index contributed by atoms with van der Waals surface area (Å²) in [7, 11) is 1.23. The smallest absolute Gasteiger partial charge is 0.467 e. The van der Waals surface area contributed by atoms with Gasteiger partial charge in [0, 0.05) is 12.1 Å². The van der Waals surface area contributed by atoms with Crippen molar-refractivity contribution in [3.05, 3.63) is 29.8 Å². The molecule has 1 unspecified atom stereocenters. The van der Waals surface area contributed by atoms with Gasteiger partial charge in [-0.15, -0.1) is 13.2 Å². The van der Waals surface area contributed by atoms with Gasteiger partial charge in [0.1, 0.15) is 11.8 Å². The van der Waals surface area contributed by atoms with E-state index in [9.17, 15) is 27.6 Å². The van der Waals surface area contributed by atoms with Crippen LogP contribution < -0.4 is 10.1 Å². The number of likely N-dealkylation sites (tertiary alicyclic amines) is 1. The number of amides is 2. The number of rotatable bonds is 5. The van der Waals surface area contributed by atoms with Crippen LogP contribution in [-0.2, 0) is 14.3 Å². The molecule has 0 aromatic heterocycles. The van der Waals surface area contributed by atoms with Gasteiger partial charge in [0.15, 0.2) is 0 Å². The van der Waals surface area contributed by atoms with Gasteiger partial charge in [0.05, 0.1) is 13.7 Å². The molecule has 142 valence electrons. The van der Waals surface area contributed by atoms with Crippen LogP contribution in [-0.4, -0.2) is 55.3 Å². The lowest BCUT2D eigenvalue weighted by Crippen LogP contribution is -2.45. The van der Waals surface area contributed by atoms with Crippen LogP contribution in [0.2, 0.25) is 0 Å². The van der Waals surface area contributed by atoms with Crippen LogP contribution >= 0.6 is 0 Å². The van der Waals surface area contributed by atoms with E-state index in [1.807, 2.05) is 0 Å². The lowest BCUT2D eigenvalue weighted by Gasteiger charge is -2.22. The largest absolute Gasteiger partial charge is 0.573 e. The first-order chi connectivity index (χ1) is 12.2. The first kappa shape index (κ1) is 19.5. The van der Waals surface area contributed by atoms with Crippen LogP contribution in [0, 0.1) is 0 Å². The van der Waals surface area contributed by atoms with Crippen molar-refractivity contribution in [2.24, 2.45) is 0 Å². The second-order valence-electron chi connectivity index (χ2n) is 5.52. The molecule has 26 heavy (non-hydrogen) atoms. The van der Waals surface area contributed by atoms with Crippen molar-refractivity contribution in [3.63, 3.8) is 0 Å². The summed E-state index contributed by atoms with van der Waals surface area (Å²) in [6.07, 6.45) is -3.67. The van der Waals surface area contributed by atoms with E-state index < -0.39 is 35.9 Å². The summed E-state index contributed by atoms with van der Waals surface area (Å²) in [4.78, 5) is 37.1. The van der Waals surface area contributed by atoms with Gasteiger partial charge < -0.3 is 19.7 Å². The fourth-order valence-electron chi connectivity index (χ4n) is 2.61. The Hall–Kier alpha value is -2.78. The lowest BCUT2D eigenvalue weighted by molar-refractivity contribution is -0.274. The van der Waals surface area contributed by atoms with Gasteiger partial charge in [-0.3, -0.25) is 9.59 Å². The second-order valence-corrected chi connectivity index (χ2v) is 5.52. The Morgan fingerprint density at radius 1 is 1.23 bits per heavy atom. The number of carbonyl (C=O) groups is 3. The van der Waals surface area contributed by atoms with E-state index in [0.29, 0.717) is 19.4 Å². The summed E-state index contributed by atoms with van der Waals surface area (Å²) < 4.78 is 44.6. The molecule has 0 aliphatic carbocycles. The molecule has 2 rings (SSSR count). The second kappa shape index (κ2) is 8.07. The molecule has 1 N–H and O–H groups in total. The Labute approximate surface area is 147 Å². The average molecular weight is 374 g/mol. The van der Waals surface area contributed by atoms with E-state index in [4.69, 9.17) is 0 Å². The number of alkyl halides is 3. The number of halogens is 3. The number of benzene rings is 1. The lowest BCUT2D eigenvalue weighted by atomic mass is 10.2. The predicted molar refractivity (Wildman–Crippen MR) is 82.2 cm³/mol. The van der Waals surface area contributed by atoms with Gasteiger partial charge in [-0.2, -0.15) is 0 Å². The van der Waals surface area contributed by atoms with E-state index in [2.05, 4.69) is 14.8 Å². The fourth-order valence-corrected chi connectivity index (χ4v) is 2.61. The predicted octanol–water partition coefficient (Wildman–Crippen LogP) is 1.48. The van der Waals surface area contributed by atoms with Gasteiger partial charge in [-0.05, 0) is 37.1 Å². The van der Waals surface area contributed by atoms with Gasteiger partial charge in [-0.1, -0.05) is 0 Å². The highest BCUT2D eigenvalue weighted by Gasteiger charge is 2.34. The molecular formula is C16H17F3N2O5. The summed E-state index contributed by atoms with van der Waals surface area (Å²) in [5, 5.41) is 2.38. The first-order valence-corrected chi connectivity index (χ1v) is 7.72. The van der Waals surface area contributed by atoms with Gasteiger partial charge in [0.25, 0.3) is 5.91 Å². The maximum atomic E-state index is 12.2. The zero-order valence-corrected chi connectivity index (χ0v) is 13.8. The Kier molecular flexibility index (Phi) is 6.06. The molecule has 0 radical (unpaired) electrons. The Balaban J connectivity index is 1.90. The summed E-state index contributed by atoms with van der Waals surface area (Å²) in [5.74, 6) is -2.04. The molecule has 0 bridgehead atoms. The van der Waals surface area contributed by atoms with Crippen molar-refractivity contribution in [1.29, 1.82) is 0 Å². The molecular weight excluding hydrogens is 357 g/mol. The maximum absolute atomic E-state index is 12.2. The molecule has 7 nitrogen and oxygen atoms in total. The average Bonchev–Trinajstić information content (AvgIpc) is 3.07. The number of ether oxygens (including phenoxy) is 2. The third-order valence-electron chi connectivity index (χ3n) is 3.80. The summed E-state index contributed by atoms with van der Waals surface area (Å²) >= 11 is 0. The minimum Gasteiger partial charge on any atom is -0.467 e. The molecule has 1 aromatic carbocycles. The van der Waals surface area contributed by atoms with Crippen molar-refractivity contribution < 1.29 is 37.0 Å². The van der Waals surface area contributed by atoms with E-state index in [1.165, 1.54) is 12.0 Å². The quantitative estimate of drug-likeness (QED) is 0.790. The number of hydrogen-bond donors (Lipinski definition) is 1. The molecule has 1 fully saturated rings. The van der Waals surface area contributed by atoms with Crippen LogP contribution in [0.4, 0.5) is 13.2 Å². The van der Waals surface area contributed by atoms with Crippen molar-refractivity contribution in [2.75, 3.05) is 20.2 Å².